The van der Waals surface area contributed by atoms with Crippen molar-refractivity contribution < 1.29 is 5.11 Å². The fourth-order valence-corrected chi connectivity index (χ4v) is 3.76. The highest BCUT2D eigenvalue weighted by Gasteiger charge is 2.21. The summed E-state index contributed by atoms with van der Waals surface area (Å²) in [6.07, 6.45) is 8.82. The zero-order valence-electron chi connectivity index (χ0n) is 17.0. The van der Waals surface area contributed by atoms with Crippen LogP contribution in [0.25, 0.3) is 0 Å². The molecule has 2 aliphatic heterocycles. The van der Waals surface area contributed by atoms with Crippen LogP contribution in [0.15, 0.2) is 29.4 Å². The maximum Gasteiger partial charge on any atom is 0.252 e. The quantitative estimate of drug-likeness (QED) is 0.615. The van der Waals surface area contributed by atoms with Crippen LogP contribution < -0.4 is 14.8 Å². The Labute approximate surface area is 171 Å². The second-order valence-electron chi connectivity index (χ2n) is 7.66. The number of piperidine rings is 2. The lowest BCUT2D eigenvalue weighted by Gasteiger charge is -2.30. The fourth-order valence-electron chi connectivity index (χ4n) is 3.76. The van der Waals surface area contributed by atoms with Gasteiger partial charge in [0, 0.05) is 38.8 Å². The van der Waals surface area contributed by atoms with Crippen molar-refractivity contribution in [3.63, 3.8) is 0 Å². The Morgan fingerprint density at radius 1 is 0.862 bits per heavy atom. The van der Waals surface area contributed by atoms with Crippen molar-refractivity contribution in [2.75, 3.05) is 48.0 Å². The highest BCUT2D eigenvalue weighted by molar-refractivity contribution is 5.83. The van der Waals surface area contributed by atoms with Crippen molar-refractivity contribution in [3.05, 3.63) is 29.8 Å². The van der Waals surface area contributed by atoms with Crippen LogP contribution in [0.1, 0.15) is 44.1 Å². The molecule has 0 unspecified atom stereocenters. The van der Waals surface area contributed by atoms with Gasteiger partial charge in [0.15, 0.2) is 0 Å². The van der Waals surface area contributed by atoms with Crippen LogP contribution in [0.2, 0.25) is 0 Å². The monoisotopic (exact) mass is 395 g/mol. The summed E-state index contributed by atoms with van der Waals surface area (Å²) in [6, 6.07) is 7.12. The average molecular weight is 396 g/mol. The molecule has 3 heterocycles. The second-order valence-corrected chi connectivity index (χ2v) is 7.66. The van der Waals surface area contributed by atoms with E-state index in [-0.39, 0.29) is 5.75 Å². The van der Waals surface area contributed by atoms with Crippen LogP contribution in [0.3, 0.4) is 0 Å². The van der Waals surface area contributed by atoms with Gasteiger partial charge in [0.1, 0.15) is 5.75 Å². The molecule has 1 N–H and O–H groups in total. The van der Waals surface area contributed by atoms with E-state index in [4.69, 9.17) is 15.0 Å². The number of hydrogen-bond donors (Lipinski definition) is 1. The van der Waals surface area contributed by atoms with Gasteiger partial charge in [0.25, 0.3) is 5.95 Å². The maximum absolute atomic E-state index is 9.96. The molecule has 0 amide bonds. The Balaban J connectivity index is 1.62. The summed E-state index contributed by atoms with van der Waals surface area (Å²) < 4.78 is 0. The highest BCUT2D eigenvalue weighted by Crippen LogP contribution is 2.24. The normalized spacial score (nSPS) is 17.7. The van der Waals surface area contributed by atoms with Crippen molar-refractivity contribution in [3.8, 4) is 5.75 Å². The number of anilines is 3. The Hall–Kier alpha value is -2.90. The van der Waals surface area contributed by atoms with E-state index in [1.165, 1.54) is 38.5 Å². The van der Waals surface area contributed by atoms with Gasteiger partial charge in [0.05, 0.1) is 6.21 Å². The fraction of sp³-hybridized carbons (Fsp3) is 0.524. The number of phenols is 1. The van der Waals surface area contributed by atoms with E-state index >= 15 is 0 Å². The van der Waals surface area contributed by atoms with E-state index in [0.717, 1.165) is 38.1 Å². The van der Waals surface area contributed by atoms with Crippen molar-refractivity contribution >= 4 is 24.1 Å². The first kappa shape index (κ1) is 19.4. The number of rotatable bonds is 5. The molecule has 1 aromatic heterocycles. The minimum absolute atomic E-state index is 0.198. The summed E-state index contributed by atoms with van der Waals surface area (Å²) in [5, 5.41) is 16.1. The number of aromatic hydroxyl groups is 1. The predicted molar refractivity (Wildman–Crippen MR) is 116 cm³/mol. The molecule has 4 rings (SSSR count). The minimum Gasteiger partial charge on any atom is -0.507 e. The molecule has 29 heavy (non-hydrogen) atoms. The van der Waals surface area contributed by atoms with Crippen LogP contribution in [0.4, 0.5) is 17.8 Å². The lowest BCUT2D eigenvalue weighted by molar-refractivity contribution is 0.474. The van der Waals surface area contributed by atoms with Crippen LogP contribution in [0, 0.1) is 0 Å². The summed E-state index contributed by atoms with van der Waals surface area (Å²) in [6.45, 7) is 3.92. The molecule has 2 saturated heterocycles. The average Bonchev–Trinajstić information content (AvgIpc) is 2.79. The number of hydrazone groups is 1. The van der Waals surface area contributed by atoms with Crippen LogP contribution in [0.5, 0.6) is 5.75 Å². The van der Waals surface area contributed by atoms with Gasteiger partial charge >= 0.3 is 0 Å². The smallest absolute Gasteiger partial charge is 0.252 e. The lowest BCUT2D eigenvalue weighted by Crippen LogP contribution is -2.35. The van der Waals surface area contributed by atoms with Crippen LogP contribution in [-0.2, 0) is 0 Å². The summed E-state index contributed by atoms with van der Waals surface area (Å²) in [7, 11) is 1.83. The highest BCUT2D eigenvalue weighted by atomic mass is 16.3. The van der Waals surface area contributed by atoms with Gasteiger partial charge < -0.3 is 14.9 Å². The molecule has 154 valence electrons. The third kappa shape index (κ3) is 4.75. The van der Waals surface area contributed by atoms with Gasteiger partial charge in [-0.3, -0.25) is 0 Å². The van der Waals surface area contributed by atoms with Crippen LogP contribution >= 0.6 is 0 Å². The van der Waals surface area contributed by atoms with E-state index in [9.17, 15) is 5.11 Å². The van der Waals surface area contributed by atoms with Gasteiger partial charge in [-0.25, -0.2) is 5.01 Å². The second kappa shape index (κ2) is 9.07. The van der Waals surface area contributed by atoms with Crippen LogP contribution in [-0.4, -0.2) is 59.5 Å². The van der Waals surface area contributed by atoms with Gasteiger partial charge in [-0.15, -0.1) is 0 Å². The molecule has 0 aliphatic carbocycles. The third-order valence-corrected chi connectivity index (χ3v) is 5.47. The number of hydrogen-bond acceptors (Lipinski definition) is 8. The molecule has 2 aromatic rings. The molecular formula is C21H29N7O. The zero-order valence-corrected chi connectivity index (χ0v) is 17.0. The van der Waals surface area contributed by atoms with Crippen molar-refractivity contribution in [1.29, 1.82) is 0 Å². The summed E-state index contributed by atoms with van der Waals surface area (Å²) in [5.41, 5.74) is 0.654. The predicted octanol–water partition coefficient (Wildman–Crippen LogP) is 3.03. The SMILES string of the molecule is CN(/N=C\c1ccccc1O)c1nc(N2CCCCC2)nc(N2CCCCC2)n1. The largest absolute Gasteiger partial charge is 0.507 e. The topological polar surface area (TPSA) is 81.0 Å². The number of benzene rings is 1. The Kier molecular flexibility index (Phi) is 6.07. The first-order valence-corrected chi connectivity index (χ1v) is 10.5. The first-order chi connectivity index (χ1) is 14.2. The molecule has 0 spiro atoms. The molecule has 8 nitrogen and oxygen atoms in total. The number of nitrogens with zero attached hydrogens (tertiary/aromatic N) is 7. The Bertz CT molecular complexity index is 808. The van der Waals surface area contributed by atoms with E-state index in [1.807, 2.05) is 19.2 Å². The number of phenolic OH excluding ortho intramolecular Hbond substituents is 1. The lowest BCUT2D eigenvalue weighted by atomic mass is 10.1. The van der Waals surface area contributed by atoms with E-state index in [1.54, 1.807) is 23.4 Å². The molecule has 1 aromatic carbocycles. The zero-order chi connectivity index (χ0) is 20.1. The van der Waals surface area contributed by atoms with Crippen molar-refractivity contribution in [2.45, 2.75) is 38.5 Å². The third-order valence-electron chi connectivity index (χ3n) is 5.47. The number of para-hydroxylation sites is 1. The Morgan fingerprint density at radius 3 is 1.97 bits per heavy atom. The van der Waals surface area contributed by atoms with Crippen molar-refractivity contribution in [1.82, 2.24) is 15.0 Å². The summed E-state index contributed by atoms with van der Waals surface area (Å²) >= 11 is 0. The van der Waals surface area contributed by atoms with E-state index in [0.29, 0.717) is 11.5 Å². The maximum atomic E-state index is 9.96. The molecule has 0 radical (unpaired) electrons. The first-order valence-electron chi connectivity index (χ1n) is 10.5. The summed E-state index contributed by atoms with van der Waals surface area (Å²) in [4.78, 5) is 18.7. The molecular weight excluding hydrogens is 366 g/mol. The Morgan fingerprint density at radius 2 is 1.41 bits per heavy atom. The summed E-state index contributed by atoms with van der Waals surface area (Å²) in [5.74, 6) is 2.19. The van der Waals surface area contributed by atoms with Crippen molar-refractivity contribution in [2.24, 2.45) is 5.10 Å². The van der Waals surface area contributed by atoms with Gasteiger partial charge in [-0.05, 0) is 50.7 Å². The van der Waals surface area contributed by atoms with Gasteiger partial charge in [0.2, 0.25) is 11.9 Å². The van der Waals surface area contributed by atoms with Gasteiger partial charge in [-0.1, -0.05) is 12.1 Å². The number of aromatic nitrogens is 3. The van der Waals surface area contributed by atoms with E-state index in [2.05, 4.69) is 14.9 Å². The van der Waals surface area contributed by atoms with Gasteiger partial charge in [-0.2, -0.15) is 20.1 Å². The molecule has 0 atom stereocenters. The van der Waals surface area contributed by atoms with E-state index < -0.39 is 0 Å². The standard InChI is InChI=1S/C21H29N7O/c1-26(22-16-17-10-4-5-11-18(17)29)19-23-20(27-12-6-2-7-13-27)25-21(24-19)28-14-8-3-9-15-28/h4-5,10-11,16,29H,2-3,6-9,12-15H2,1H3/b22-16-. The molecule has 8 heteroatoms. The molecule has 0 saturated carbocycles. The molecule has 2 fully saturated rings. The molecule has 2 aliphatic rings. The molecule has 0 bridgehead atoms. The minimum atomic E-state index is 0.198.